The molecule has 0 radical (unpaired) electrons. The summed E-state index contributed by atoms with van der Waals surface area (Å²) in [4.78, 5) is 27.6. The summed E-state index contributed by atoms with van der Waals surface area (Å²) >= 11 is 1.19. The fourth-order valence-electron chi connectivity index (χ4n) is 2.00. The van der Waals surface area contributed by atoms with E-state index in [9.17, 15) is 14.7 Å². The zero-order valence-corrected chi connectivity index (χ0v) is 13.1. The van der Waals surface area contributed by atoms with E-state index in [1.54, 1.807) is 30.3 Å². The molecule has 1 fully saturated rings. The topological polar surface area (TPSA) is 99.0 Å². The van der Waals surface area contributed by atoms with E-state index < -0.39 is 5.97 Å². The van der Waals surface area contributed by atoms with Crippen LogP contribution in [-0.4, -0.2) is 27.3 Å². The summed E-state index contributed by atoms with van der Waals surface area (Å²) in [5.74, 6) is -1.11. The highest BCUT2D eigenvalue weighted by Gasteiger charge is 2.23. The van der Waals surface area contributed by atoms with Gasteiger partial charge in [-0.1, -0.05) is 12.1 Å². The van der Waals surface area contributed by atoms with Gasteiger partial charge in [-0.25, -0.2) is 9.79 Å². The van der Waals surface area contributed by atoms with Gasteiger partial charge < -0.3 is 15.5 Å². The van der Waals surface area contributed by atoms with Crippen LogP contribution < -0.4 is 5.32 Å². The normalized spacial score (nSPS) is 17.2. The lowest BCUT2D eigenvalue weighted by molar-refractivity contribution is -0.115. The van der Waals surface area contributed by atoms with Crippen LogP contribution in [0.15, 0.2) is 58.4 Å². The highest BCUT2D eigenvalue weighted by atomic mass is 32.2. The number of phenolic OH excluding ortho intramolecular Hbond substituents is 1. The molecule has 2 aromatic carbocycles. The largest absolute Gasteiger partial charge is 0.508 e. The van der Waals surface area contributed by atoms with Gasteiger partial charge in [-0.15, -0.1) is 0 Å². The summed E-state index contributed by atoms with van der Waals surface area (Å²) in [6, 6.07) is 12.6. The van der Waals surface area contributed by atoms with Crippen molar-refractivity contribution in [1.29, 1.82) is 0 Å². The number of nitrogens with one attached hydrogen (secondary N) is 1. The number of amidine groups is 1. The lowest BCUT2D eigenvalue weighted by Gasteiger charge is -1.97. The molecule has 2 aromatic rings. The number of aromatic hydroxyl groups is 1. The van der Waals surface area contributed by atoms with Crippen molar-refractivity contribution < 1.29 is 19.8 Å². The second-order valence-corrected chi connectivity index (χ2v) is 5.96. The number of hydrogen-bond acceptors (Lipinski definition) is 5. The molecule has 24 heavy (non-hydrogen) atoms. The van der Waals surface area contributed by atoms with Gasteiger partial charge in [-0.3, -0.25) is 4.79 Å². The van der Waals surface area contributed by atoms with Crippen LogP contribution in [0.3, 0.4) is 0 Å². The van der Waals surface area contributed by atoms with Crippen molar-refractivity contribution in [2.45, 2.75) is 0 Å². The molecular weight excluding hydrogens is 328 g/mol. The molecule has 0 atom stereocenters. The number of phenols is 1. The quantitative estimate of drug-likeness (QED) is 0.746. The Balaban J connectivity index is 1.79. The third kappa shape index (κ3) is 3.64. The number of aliphatic imine (C=N–C) groups is 1. The maximum Gasteiger partial charge on any atom is 0.335 e. The molecule has 1 aliphatic rings. The summed E-state index contributed by atoms with van der Waals surface area (Å²) in [5.41, 5.74) is 1.53. The molecule has 0 aromatic heterocycles. The molecule has 0 unspecified atom stereocenters. The van der Waals surface area contributed by atoms with Gasteiger partial charge in [0.05, 0.1) is 16.2 Å². The minimum atomic E-state index is -0.995. The standard InChI is InChI=1S/C17H12N2O4S/c20-13-7-5-12(6-8-13)18-17-19-15(21)14(24-17)9-10-1-3-11(4-2-10)16(22)23/h1-9,20H,(H,22,23)(H,18,19,21)/b14-9-. The average molecular weight is 340 g/mol. The maximum absolute atomic E-state index is 12.0. The molecule has 1 aliphatic heterocycles. The van der Waals surface area contributed by atoms with Crippen molar-refractivity contribution in [2.24, 2.45) is 4.99 Å². The van der Waals surface area contributed by atoms with Crippen LogP contribution in [-0.2, 0) is 4.79 Å². The van der Waals surface area contributed by atoms with Crippen molar-refractivity contribution in [3.8, 4) is 5.75 Å². The first-order valence-electron chi connectivity index (χ1n) is 6.93. The van der Waals surface area contributed by atoms with Crippen molar-refractivity contribution in [3.63, 3.8) is 0 Å². The van der Waals surface area contributed by atoms with Gasteiger partial charge in [0.15, 0.2) is 5.17 Å². The molecular formula is C17H12N2O4S. The molecule has 1 heterocycles. The number of carbonyl (C=O) groups excluding carboxylic acids is 1. The lowest BCUT2D eigenvalue weighted by atomic mass is 10.1. The molecule has 120 valence electrons. The number of carbonyl (C=O) groups is 2. The zero-order valence-electron chi connectivity index (χ0n) is 12.3. The third-order valence-corrected chi connectivity index (χ3v) is 4.10. The highest BCUT2D eigenvalue weighted by Crippen LogP contribution is 2.28. The molecule has 1 saturated heterocycles. The van der Waals surface area contributed by atoms with Gasteiger partial charge in [-0.2, -0.15) is 0 Å². The molecule has 1 amide bonds. The van der Waals surface area contributed by atoms with Crippen LogP contribution in [0.5, 0.6) is 5.75 Å². The number of benzene rings is 2. The monoisotopic (exact) mass is 340 g/mol. The second-order valence-electron chi connectivity index (χ2n) is 4.93. The number of hydrogen-bond donors (Lipinski definition) is 3. The number of thioether (sulfide) groups is 1. The van der Waals surface area contributed by atoms with E-state index in [1.165, 1.54) is 36.0 Å². The Hall–Kier alpha value is -3.06. The van der Waals surface area contributed by atoms with Gasteiger partial charge in [0.2, 0.25) is 0 Å². The molecule has 3 N–H and O–H groups in total. The van der Waals surface area contributed by atoms with Crippen molar-refractivity contribution in [1.82, 2.24) is 5.32 Å². The Bertz CT molecular complexity index is 855. The van der Waals surface area contributed by atoms with Crippen molar-refractivity contribution in [2.75, 3.05) is 0 Å². The minimum Gasteiger partial charge on any atom is -0.508 e. The van der Waals surface area contributed by atoms with E-state index in [0.29, 0.717) is 15.8 Å². The summed E-state index contributed by atoms with van der Waals surface area (Å²) in [7, 11) is 0. The Morgan fingerprint density at radius 3 is 2.38 bits per heavy atom. The van der Waals surface area contributed by atoms with Gasteiger partial charge >= 0.3 is 5.97 Å². The van der Waals surface area contributed by atoms with Gasteiger partial charge in [0.25, 0.3) is 5.91 Å². The summed E-state index contributed by atoms with van der Waals surface area (Å²) in [5, 5.41) is 21.2. The molecule has 6 nitrogen and oxygen atoms in total. The fraction of sp³-hybridized carbons (Fsp3) is 0. The predicted molar refractivity (Wildman–Crippen MR) is 92.3 cm³/mol. The Morgan fingerprint density at radius 2 is 1.75 bits per heavy atom. The van der Waals surface area contributed by atoms with Gasteiger partial charge in [0, 0.05) is 0 Å². The first-order valence-corrected chi connectivity index (χ1v) is 7.75. The second kappa shape index (κ2) is 6.59. The van der Waals surface area contributed by atoms with E-state index in [0.717, 1.165) is 5.56 Å². The van der Waals surface area contributed by atoms with E-state index in [4.69, 9.17) is 5.11 Å². The average Bonchev–Trinajstić information content (AvgIpc) is 2.89. The lowest BCUT2D eigenvalue weighted by Crippen LogP contribution is -2.19. The Morgan fingerprint density at radius 1 is 1.08 bits per heavy atom. The predicted octanol–water partition coefficient (Wildman–Crippen LogP) is 2.98. The van der Waals surface area contributed by atoms with Crippen LogP contribution >= 0.6 is 11.8 Å². The summed E-state index contributed by atoms with van der Waals surface area (Å²) in [6.45, 7) is 0. The zero-order chi connectivity index (χ0) is 17.1. The fourth-order valence-corrected chi connectivity index (χ4v) is 2.84. The third-order valence-electron chi connectivity index (χ3n) is 3.19. The van der Waals surface area contributed by atoms with E-state index in [-0.39, 0.29) is 17.2 Å². The number of nitrogens with zero attached hydrogens (tertiary/aromatic N) is 1. The summed E-state index contributed by atoms with van der Waals surface area (Å²) < 4.78 is 0. The number of aromatic carboxylic acids is 1. The molecule has 3 rings (SSSR count). The van der Waals surface area contributed by atoms with Crippen molar-refractivity contribution >= 4 is 40.6 Å². The van der Waals surface area contributed by atoms with Crippen LogP contribution in [0.4, 0.5) is 5.69 Å². The molecule has 7 heteroatoms. The number of amides is 1. The molecule has 0 spiro atoms. The van der Waals surface area contributed by atoms with Crippen molar-refractivity contribution in [3.05, 3.63) is 64.6 Å². The number of carboxylic acids is 1. The van der Waals surface area contributed by atoms with E-state index in [2.05, 4.69) is 10.3 Å². The van der Waals surface area contributed by atoms with Crippen LogP contribution in [0.2, 0.25) is 0 Å². The van der Waals surface area contributed by atoms with E-state index >= 15 is 0 Å². The van der Waals surface area contributed by atoms with Gasteiger partial charge in [0.1, 0.15) is 5.75 Å². The molecule has 0 bridgehead atoms. The Labute approximate surface area is 141 Å². The number of carboxylic acid groups (broad SMARTS) is 1. The first-order chi connectivity index (χ1) is 11.5. The maximum atomic E-state index is 12.0. The highest BCUT2D eigenvalue weighted by molar-refractivity contribution is 8.18. The minimum absolute atomic E-state index is 0.146. The first kappa shape index (κ1) is 15.8. The SMILES string of the molecule is O=C1NC(=Nc2ccc(O)cc2)S/C1=C\c1ccc(C(=O)O)cc1. The van der Waals surface area contributed by atoms with Gasteiger partial charge in [-0.05, 0) is 59.8 Å². The van der Waals surface area contributed by atoms with E-state index in [1.807, 2.05) is 0 Å². The van der Waals surface area contributed by atoms with Crippen LogP contribution in [0.25, 0.3) is 6.08 Å². The van der Waals surface area contributed by atoms with Crippen LogP contribution in [0, 0.1) is 0 Å². The smallest absolute Gasteiger partial charge is 0.335 e. The molecule has 0 aliphatic carbocycles. The Kier molecular flexibility index (Phi) is 4.35. The summed E-state index contributed by atoms with van der Waals surface area (Å²) in [6.07, 6.45) is 1.67. The van der Waals surface area contributed by atoms with Crippen LogP contribution in [0.1, 0.15) is 15.9 Å². The number of rotatable bonds is 3. The molecule has 0 saturated carbocycles.